The Balaban J connectivity index is 1.74. The molecule has 0 radical (unpaired) electrons. The summed E-state index contributed by atoms with van der Waals surface area (Å²) in [4.78, 5) is 4.82. The molecule has 3 rings (SSSR count). The first kappa shape index (κ1) is 21.3. The summed E-state index contributed by atoms with van der Waals surface area (Å²) in [5.41, 5.74) is 3.72. The SMILES string of the molecule is CC(NP(N=[NH+]C(C)c1ccccc1)NC(C)c1ccccc1)c1ccccc1. The minimum Gasteiger partial charge on any atom is -0.253 e. The van der Waals surface area contributed by atoms with E-state index in [0.717, 1.165) is 0 Å². The third kappa shape index (κ3) is 6.57. The minimum absolute atomic E-state index is 0.142. The minimum atomic E-state index is -0.996. The second kappa shape index (κ2) is 11.0. The van der Waals surface area contributed by atoms with Gasteiger partial charge in [0.2, 0.25) is 8.37 Å². The largest absolute Gasteiger partial charge is 0.253 e. The summed E-state index contributed by atoms with van der Waals surface area (Å²) in [5, 5.41) is 10.7. The zero-order valence-electron chi connectivity index (χ0n) is 17.3. The van der Waals surface area contributed by atoms with E-state index in [1.807, 2.05) is 18.2 Å². The smallest absolute Gasteiger partial charge is 0.237 e. The van der Waals surface area contributed by atoms with Crippen LogP contribution in [0.4, 0.5) is 0 Å². The molecule has 0 saturated carbocycles. The maximum atomic E-state index is 4.82. The van der Waals surface area contributed by atoms with E-state index in [4.69, 9.17) is 4.88 Å². The molecule has 0 fully saturated rings. The molecule has 3 N–H and O–H groups in total. The molecule has 0 aliphatic rings. The quantitative estimate of drug-likeness (QED) is 0.338. The monoisotopic (exact) mass is 405 g/mol. The van der Waals surface area contributed by atoms with Crippen molar-refractivity contribution in [3.63, 3.8) is 0 Å². The highest BCUT2D eigenvalue weighted by Gasteiger charge is 2.20. The molecule has 4 nitrogen and oxygen atoms in total. The van der Waals surface area contributed by atoms with Gasteiger partial charge in [0.15, 0.2) is 6.04 Å². The molecule has 0 bridgehead atoms. The number of rotatable bonds is 9. The lowest BCUT2D eigenvalue weighted by Gasteiger charge is -2.22. The van der Waals surface area contributed by atoms with Crippen LogP contribution in [0.2, 0.25) is 0 Å². The van der Waals surface area contributed by atoms with Gasteiger partial charge in [0.1, 0.15) is 0 Å². The van der Waals surface area contributed by atoms with Gasteiger partial charge in [-0.2, -0.15) is 0 Å². The van der Waals surface area contributed by atoms with Crippen LogP contribution in [0.25, 0.3) is 0 Å². The van der Waals surface area contributed by atoms with Gasteiger partial charge in [0.05, 0.1) is 0 Å². The molecule has 0 spiro atoms. The van der Waals surface area contributed by atoms with E-state index in [2.05, 4.69) is 109 Å². The second-order valence-corrected chi connectivity index (χ2v) is 8.54. The molecule has 0 saturated heterocycles. The summed E-state index contributed by atoms with van der Waals surface area (Å²) in [6, 6.07) is 31.9. The first-order chi connectivity index (χ1) is 14.1. The van der Waals surface area contributed by atoms with Gasteiger partial charge in [-0.3, -0.25) is 10.2 Å². The lowest BCUT2D eigenvalue weighted by atomic mass is 10.1. The van der Waals surface area contributed by atoms with Gasteiger partial charge in [0, 0.05) is 29.5 Å². The number of nitrogens with zero attached hydrogens (tertiary/aromatic N) is 1. The number of hydrogen-bond acceptors (Lipinski definition) is 3. The van der Waals surface area contributed by atoms with Crippen molar-refractivity contribution in [1.82, 2.24) is 10.2 Å². The standard InChI is InChI=1S/C24H29N4P/c1-19(22-13-7-4-8-14-22)25-28-29(26-20(2)23-15-9-5-10-16-23)27-21(3)24-17-11-6-12-18-24/h4-21,26-27H,1-3H3/p+1. The average Bonchev–Trinajstić information content (AvgIpc) is 2.79. The third-order valence-electron chi connectivity index (χ3n) is 4.88. The van der Waals surface area contributed by atoms with Gasteiger partial charge in [-0.05, 0) is 25.0 Å². The maximum Gasteiger partial charge on any atom is 0.237 e. The van der Waals surface area contributed by atoms with Crippen LogP contribution in [0.1, 0.15) is 55.6 Å². The summed E-state index contributed by atoms with van der Waals surface area (Å²) in [7, 11) is -0.996. The maximum absolute atomic E-state index is 4.82. The topological polar surface area (TPSA) is 50.4 Å². The molecule has 0 aliphatic carbocycles. The highest BCUT2D eigenvalue weighted by molar-refractivity contribution is 7.51. The van der Waals surface area contributed by atoms with Crippen molar-refractivity contribution in [2.45, 2.75) is 38.9 Å². The average molecular weight is 406 g/mol. The summed E-state index contributed by atoms with van der Waals surface area (Å²) in [6.45, 7) is 6.49. The fraction of sp³-hybridized carbons (Fsp3) is 0.250. The van der Waals surface area contributed by atoms with Crippen molar-refractivity contribution in [1.29, 1.82) is 0 Å². The number of nitrogens with one attached hydrogen (secondary N) is 3. The Morgan fingerprint density at radius 1 is 0.621 bits per heavy atom. The molecule has 3 aromatic rings. The molecule has 0 heterocycles. The zero-order valence-corrected chi connectivity index (χ0v) is 18.2. The molecule has 0 amide bonds. The number of benzene rings is 3. The Bertz CT molecular complexity index is 824. The Labute approximate surface area is 175 Å². The van der Waals surface area contributed by atoms with Crippen LogP contribution in [0.3, 0.4) is 0 Å². The summed E-state index contributed by atoms with van der Waals surface area (Å²) < 4.78 is 0. The fourth-order valence-corrected chi connectivity index (χ4v) is 4.57. The number of hydrogen-bond donors (Lipinski definition) is 3. The van der Waals surface area contributed by atoms with Gasteiger partial charge in [-0.15, -0.1) is 5.11 Å². The summed E-state index contributed by atoms with van der Waals surface area (Å²) in [5.74, 6) is 0. The van der Waals surface area contributed by atoms with Crippen LogP contribution in [0, 0.1) is 0 Å². The Morgan fingerprint density at radius 2 is 1.00 bits per heavy atom. The van der Waals surface area contributed by atoms with Gasteiger partial charge in [0.25, 0.3) is 0 Å². The van der Waals surface area contributed by atoms with E-state index in [1.165, 1.54) is 16.7 Å². The van der Waals surface area contributed by atoms with Crippen LogP contribution >= 0.6 is 8.37 Å². The highest BCUT2D eigenvalue weighted by Crippen LogP contribution is 2.34. The van der Waals surface area contributed by atoms with E-state index in [0.29, 0.717) is 0 Å². The van der Waals surface area contributed by atoms with Crippen molar-refractivity contribution in [3.8, 4) is 0 Å². The van der Waals surface area contributed by atoms with Crippen molar-refractivity contribution >= 4 is 8.37 Å². The van der Waals surface area contributed by atoms with Crippen LogP contribution in [-0.4, -0.2) is 0 Å². The van der Waals surface area contributed by atoms with Crippen LogP contribution in [0.5, 0.6) is 0 Å². The molecule has 3 aromatic carbocycles. The zero-order chi connectivity index (χ0) is 20.5. The first-order valence-corrected chi connectivity index (χ1v) is 11.4. The van der Waals surface area contributed by atoms with Crippen LogP contribution in [0.15, 0.2) is 95.9 Å². The van der Waals surface area contributed by atoms with E-state index < -0.39 is 8.37 Å². The molecular formula is C24H30N4P+. The van der Waals surface area contributed by atoms with Gasteiger partial charge >= 0.3 is 0 Å². The van der Waals surface area contributed by atoms with Crippen molar-refractivity contribution in [3.05, 3.63) is 108 Å². The van der Waals surface area contributed by atoms with Gasteiger partial charge in [-0.25, -0.2) is 0 Å². The normalized spacial score (nSPS) is 15.7. The Hall–Kier alpha value is -2.39. The predicted octanol–water partition coefficient (Wildman–Crippen LogP) is 5.21. The van der Waals surface area contributed by atoms with E-state index >= 15 is 0 Å². The molecule has 5 heteroatoms. The van der Waals surface area contributed by atoms with Crippen LogP contribution < -0.4 is 15.3 Å². The van der Waals surface area contributed by atoms with Crippen LogP contribution in [-0.2, 0) is 0 Å². The molecule has 29 heavy (non-hydrogen) atoms. The predicted molar refractivity (Wildman–Crippen MR) is 121 cm³/mol. The molecule has 3 atom stereocenters. The summed E-state index contributed by atoms with van der Waals surface area (Å²) >= 11 is 0. The lowest BCUT2D eigenvalue weighted by molar-refractivity contribution is -0.567. The lowest BCUT2D eigenvalue weighted by Crippen LogP contribution is -2.66. The molecule has 150 valence electrons. The fourth-order valence-electron chi connectivity index (χ4n) is 3.05. The van der Waals surface area contributed by atoms with Crippen molar-refractivity contribution in [2.24, 2.45) is 4.88 Å². The van der Waals surface area contributed by atoms with Crippen molar-refractivity contribution in [2.75, 3.05) is 0 Å². The summed E-state index contributed by atoms with van der Waals surface area (Å²) in [6.07, 6.45) is 0. The van der Waals surface area contributed by atoms with Crippen molar-refractivity contribution < 1.29 is 5.11 Å². The Kier molecular flexibility index (Phi) is 8.06. The molecule has 3 unspecified atom stereocenters. The second-order valence-electron chi connectivity index (χ2n) is 7.20. The van der Waals surface area contributed by atoms with E-state index in [9.17, 15) is 0 Å². The van der Waals surface area contributed by atoms with E-state index in [-0.39, 0.29) is 18.1 Å². The van der Waals surface area contributed by atoms with Gasteiger partial charge < -0.3 is 0 Å². The molecule has 0 aromatic heterocycles. The highest BCUT2D eigenvalue weighted by atomic mass is 31.1. The first-order valence-electron chi connectivity index (χ1n) is 10.1. The molecule has 0 aliphatic heterocycles. The van der Waals surface area contributed by atoms with E-state index in [1.54, 1.807) is 0 Å². The van der Waals surface area contributed by atoms with Gasteiger partial charge in [-0.1, -0.05) is 91.0 Å². The molecular weight excluding hydrogens is 375 g/mol. The Morgan fingerprint density at radius 3 is 1.41 bits per heavy atom. The third-order valence-corrected chi connectivity index (χ3v) is 6.46.